The fourth-order valence-electron chi connectivity index (χ4n) is 2.18. The number of halogens is 1. The summed E-state index contributed by atoms with van der Waals surface area (Å²) in [5.74, 6) is -0.323. The maximum Gasteiger partial charge on any atom is 0.183 e. The summed E-state index contributed by atoms with van der Waals surface area (Å²) in [6.07, 6.45) is -0.761. The lowest BCUT2D eigenvalue weighted by Gasteiger charge is -2.12. The Bertz CT molecular complexity index is 791. The van der Waals surface area contributed by atoms with Crippen LogP contribution in [0, 0.1) is 11.2 Å². The molecule has 0 aliphatic rings. The van der Waals surface area contributed by atoms with Gasteiger partial charge in [-0.15, -0.1) is 0 Å². The summed E-state index contributed by atoms with van der Waals surface area (Å²) in [4.78, 5) is 0.396. The number of aliphatic hydroxyl groups is 1. The van der Waals surface area contributed by atoms with Crippen molar-refractivity contribution in [2.75, 3.05) is 0 Å². The van der Waals surface area contributed by atoms with E-state index in [1.54, 1.807) is 16.7 Å². The van der Waals surface area contributed by atoms with Crippen molar-refractivity contribution in [3.05, 3.63) is 64.7 Å². The first-order chi connectivity index (χ1) is 9.65. The molecule has 3 rings (SSSR count). The SMILES string of the molecule is N=c1sc2ccccc2n1CC(O)c1ccc(F)cc1. The molecule has 1 unspecified atom stereocenters. The molecule has 3 aromatic rings. The van der Waals surface area contributed by atoms with Crippen LogP contribution in [0.1, 0.15) is 11.7 Å². The first-order valence-electron chi connectivity index (χ1n) is 6.21. The van der Waals surface area contributed by atoms with Crippen LogP contribution < -0.4 is 4.80 Å². The topological polar surface area (TPSA) is 49.0 Å². The van der Waals surface area contributed by atoms with E-state index in [9.17, 15) is 9.50 Å². The van der Waals surface area contributed by atoms with Crippen molar-refractivity contribution in [2.24, 2.45) is 0 Å². The van der Waals surface area contributed by atoms with Gasteiger partial charge in [0.25, 0.3) is 0 Å². The maximum absolute atomic E-state index is 12.9. The Hall–Kier alpha value is -1.98. The van der Waals surface area contributed by atoms with E-state index in [1.165, 1.54) is 23.5 Å². The van der Waals surface area contributed by atoms with Crippen molar-refractivity contribution < 1.29 is 9.50 Å². The van der Waals surface area contributed by atoms with Gasteiger partial charge in [-0.25, -0.2) is 4.39 Å². The molecular formula is C15H13FN2OS. The van der Waals surface area contributed by atoms with E-state index < -0.39 is 6.10 Å². The molecule has 0 bridgehead atoms. The summed E-state index contributed by atoms with van der Waals surface area (Å²) in [6.45, 7) is 0.286. The second-order valence-corrected chi connectivity index (χ2v) is 5.58. The molecule has 0 aliphatic carbocycles. The van der Waals surface area contributed by atoms with E-state index in [0.29, 0.717) is 10.4 Å². The van der Waals surface area contributed by atoms with Gasteiger partial charge in [-0.2, -0.15) is 0 Å². The van der Waals surface area contributed by atoms with E-state index in [-0.39, 0.29) is 12.4 Å². The Kier molecular flexibility index (Phi) is 3.38. The van der Waals surface area contributed by atoms with Gasteiger partial charge in [0.2, 0.25) is 0 Å². The zero-order chi connectivity index (χ0) is 14.1. The second-order valence-electron chi connectivity index (χ2n) is 4.55. The number of nitrogens with one attached hydrogen (secondary N) is 1. The van der Waals surface area contributed by atoms with Gasteiger partial charge in [0.15, 0.2) is 4.80 Å². The highest BCUT2D eigenvalue weighted by Gasteiger charge is 2.12. The molecule has 20 heavy (non-hydrogen) atoms. The van der Waals surface area contributed by atoms with Crippen molar-refractivity contribution in [1.29, 1.82) is 5.41 Å². The molecule has 0 saturated heterocycles. The highest BCUT2D eigenvalue weighted by molar-refractivity contribution is 7.16. The minimum atomic E-state index is -0.761. The van der Waals surface area contributed by atoms with Crippen molar-refractivity contribution >= 4 is 21.6 Å². The molecule has 1 atom stereocenters. The first-order valence-corrected chi connectivity index (χ1v) is 7.03. The summed E-state index contributed by atoms with van der Waals surface area (Å²) in [7, 11) is 0. The van der Waals surface area contributed by atoms with Gasteiger partial charge < -0.3 is 9.67 Å². The van der Waals surface area contributed by atoms with Crippen molar-refractivity contribution in [1.82, 2.24) is 4.57 Å². The van der Waals surface area contributed by atoms with Crippen molar-refractivity contribution in [3.8, 4) is 0 Å². The van der Waals surface area contributed by atoms with Gasteiger partial charge >= 0.3 is 0 Å². The highest BCUT2D eigenvalue weighted by Crippen LogP contribution is 2.20. The summed E-state index contributed by atoms with van der Waals surface area (Å²) >= 11 is 1.38. The van der Waals surface area contributed by atoms with Crippen LogP contribution in [0.2, 0.25) is 0 Å². The zero-order valence-electron chi connectivity index (χ0n) is 10.6. The Morgan fingerprint density at radius 3 is 2.60 bits per heavy atom. The molecule has 0 aliphatic heterocycles. The molecule has 2 aromatic carbocycles. The number of thiazole rings is 1. The van der Waals surface area contributed by atoms with Crippen LogP contribution in [0.15, 0.2) is 48.5 Å². The van der Waals surface area contributed by atoms with Crippen LogP contribution in [0.25, 0.3) is 10.2 Å². The quantitative estimate of drug-likeness (QED) is 0.764. The van der Waals surface area contributed by atoms with Crippen molar-refractivity contribution in [2.45, 2.75) is 12.6 Å². The van der Waals surface area contributed by atoms with Crippen molar-refractivity contribution in [3.63, 3.8) is 0 Å². The number of aliphatic hydroxyl groups excluding tert-OH is 1. The largest absolute Gasteiger partial charge is 0.387 e. The van der Waals surface area contributed by atoms with Crippen LogP contribution in [-0.2, 0) is 6.54 Å². The molecule has 102 valence electrons. The minimum Gasteiger partial charge on any atom is -0.387 e. The number of benzene rings is 2. The van der Waals surface area contributed by atoms with Crippen LogP contribution >= 0.6 is 11.3 Å². The van der Waals surface area contributed by atoms with Gasteiger partial charge in [0.05, 0.1) is 22.9 Å². The lowest BCUT2D eigenvalue weighted by molar-refractivity contribution is 0.157. The number of hydrogen-bond donors (Lipinski definition) is 2. The van der Waals surface area contributed by atoms with Crippen LogP contribution in [0.5, 0.6) is 0 Å². The zero-order valence-corrected chi connectivity index (χ0v) is 11.4. The number of para-hydroxylation sites is 1. The molecule has 1 aromatic heterocycles. The van der Waals surface area contributed by atoms with E-state index in [1.807, 2.05) is 24.3 Å². The third-order valence-electron chi connectivity index (χ3n) is 3.22. The maximum atomic E-state index is 12.9. The first kappa shape index (κ1) is 13.0. The Balaban J connectivity index is 1.95. The summed E-state index contributed by atoms with van der Waals surface area (Å²) in [5, 5.41) is 18.2. The van der Waals surface area contributed by atoms with Gasteiger partial charge in [-0.05, 0) is 29.8 Å². The molecule has 0 fully saturated rings. The predicted molar refractivity (Wildman–Crippen MR) is 77.0 cm³/mol. The molecule has 2 N–H and O–H groups in total. The number of fused-ring (bicyclic) bond motifs is 1. The van der Waals surface area contributed by atoms with Crippen LogP contribution in [0.4, 0.5) is 4.39 Å². The van der Waals surface area contributed by atoms with Gasteiger partial charge in [0.1, 0.15) is 5.82 Å². The lowest BCUT2D eigenvalue weighted by Crippen LogP contribution is -2.18. The van der Waals surface area contributed by atoms with Crippen LogP contribution in [-0.4, -0.2) is 9.67 Å². The molecule has 0 amide bonds. The summed E-state index contributed by atoms with van der Waals surface area (Å²) in [5.41, 5.74) is 1.58. The minimum absolute atomic E-state index is 0.286. The lowest BCUT2D eigenvalue weighted by atomic mass is 10.1. The van der Waals surface area contributed by atoms with E-state index in [2.05, 4.69) is 0 Å². The molecule has 5 heteroatoms. The Morgan fingerprint density at radius 2 is 1.85 bits per heavy atom. The second kappa shape index (κ2) is 5.19. The van der Waals surface area contributed by atoms with E-state index in [0.717, 1.165) is 10.2 Å². The normalized spacial score (nSPS) is 12.7. The van der Waals surface area contributed by atoms with E-state index in [4.69, 9.17) is 5.41 Å². The fraction of sp³-hybridized carbons (Fsp3) is 0.133. The monoisotopic (exact) mass is 288 g/mol. The van der Waals surface area contributed by atoms with Gasteiger partial charge in [-0.3, -0.25) is 5.41 Å². The number of hydrogen-bond acceptors (Lipinski definition) is 3. The molecule has 1 heterocycles. The molecule has 0 saturated carbocycles. The Morgan fingerprint density at radius 1 is 1.15 bits per heavy atom. The van der Waals surface area contributed by atoms with Gasteiger partial charge in [-0.1, -0.05) is 35.6 Å². The number of rotatable bonds is 3. The Labute approximate surface area is 119 Å². The summed E-state index contributed by atoms with van der Waals surface area (Å²) in [6, 6.07) is 13.5. The third kappa shape index (κ3) is 2.37. The molecule has 0 radical (unpaired) electrons. The molecule has 3 nitrogen and oxygen atoms in total. The van der Waals surface area contributed by atoms with E-state index >= 15 is 0 Å². The molecular weight excluding hydrogens is 275 g/mol. The highest BCUT2D eigenvalue weighted by atomic mass is 32.1. The fourth-order valence-corrected chi connectivity index (χ4v) is 3.10. The molecule has 0 spiro atoms. The van der Waals surface area contributed by atoms with Gasteiger partial charge in [0, 0.05) is 0 Å². The number of aromatic nitrogens is 1. The third-order valence-corrected chi connectivity index (χ3v) is 4.20. The smallest absolute Gasteiger partial charge is 0.183 e. The number of nitrogens with zero attached hydrogens (tertiary/aromatic N) is 1. The predicted octanol–water partition coefficient (Wildman–Crippen LogP) is 3.05. The average Bonchev–Trinajstić information content (AvgIpc) is 2.76. The average molecular weight is 288 g/mol. The standard InChI is InChI=1S/C15H13FN2OS/c16-11-7-5-10(6-8-11)13(19)9-18-12-3-1-2-4-14(12)20-15(18)17/h1-8,13,17,19H,9H2. The summed E-state index contributed by atoms with van der Waals surface area (Å²) < 4.78 is 15.7. The van der Waals surface area contributed by atoms with Crippen LogP contribution in [0.3, 0.4) is 0 Å².